The number of sulfone groups is 1. The second-order valence-electron chi connectivity index (χ2n) is 6.20. The number of anilines is 1. The van der Waals surface area contributed by atoms with Gasteiger partial charge in [-0.1, -0.05) is 19.1 Å². The number of rotatable bonds is 6. The van der Waals surface area contributed by atoms with Gasteiger partial charge in [-0.05, 0) is 26.0 Å². The molecule has 0 N–H and O–H groups in total. The Morgan fingerprint density at radius 3 is 2.35 bits per heavy atom. The molecule has 5 nitrogen and oxygen atoms in total. The van der Waals surface area contributed by atoms with Crippen molar-refractivity contribution in [2.24, 2.45) is 0 Å². The van der Waals surface area contributed by atoms with Crippen LogP contribution in [-0.4, -0.2) is 64.5 Å². The summed E-state index contributed by atoms with van der Waals surface area (Å²) in [6, 6.07) is 8.07. The fourth-order valence-corrected chi connectivity index (χ4v) is 4.44. The van der Waals surface area contributed by atoms with E-state index in [0.717, 1.165) is 31.9 Å². The van der Waals surface area contributed by atoms with E-state index in [4.69, 9.17) is 4.74 Å². The number of nitrogens with zero attached hydrogens (tertiary/aromatic N) is 2. The molecule has 2 atom stereocenters. The summed E-state index contributed by atoms with van der Waals surface area (Å²) in [6.45, 7) is 9.34. The van der Waals surface area contributed by atoms with Gasteiger partial charge in [0.25, 0.3) is 0 Å². The second-order valence-corrected chi connectivity index (χ2v) is 8.45. The number of methoxy groups -OCH3 is 1. The van der Waals surface area contributed by atoms with E-state index in [-0.39, 0.29) is 5.75 Å². The number of benzene rings is 1. The average molecular weight is 340 g/mol. The minimum atomic E-state index is -3.22. The van der Waals surface area contributed by atoms with Crippen molar-refractivity contribution in [2.75, 3.05) is 44.0 Å². The number of ether oxygens (including phenoxy) is 1. The standard InChI is InChI=1S/C17H28N2O3S/c1-5-23(20,21)17-9-7-6-8-16(17)18-12-14(2)19(10-11-22-4)15(3)13-18/h6-9,14-15H,5,10-13H2,1-4H3/t14-,15+. The Labute approximate surface area is 140 Å². The van der Waals surface area contributed by atoms with Gasteiger partial charge in [-0.15, -0.1) is 0 Å². The van der Waals surface area contributed by atoms with Gasteiger partial charge in [0.1, 0.15) is 0 Å². The third kappa shape index (κ3) is 4.05. The second kappa shape index (κ2) is 7.64. The first-order valence-electron chi connectivity index (χ1n) is 8.22. The van der Waals surface area contributed by atoms with E-state index >= 15 is 0 Å². The van der Waals surface area contributed by atoms with Crippen LogP contribution in [0.4, 0.5) is 5.69 Å². The minimum absolute atomic E-state index is 0.128. The van der Waals surface area contributed by atoms with E-state index < -0.39 is 9.84 Å². The molecular formula is C17H28N2O3S. The van der Waals surface area contributed by atoms with Crippen molar-refractivity contribution in [3.63, 3.8) is 0 Å². The lowest BCUT2D eigenvalue weighted by atomic mass is 10.1. The molecule has 1 aliphatic heterocycles. The zero-order valence-electron chi connectivity index (χ0n) is 14.5. The molecule has 0 bridgehead atoms. The lowest BCUT2D eigenvalue weighted by molar-refractivity contribution is 0.0845. The van der Waals surface area contributed by atoms with Crippen LogP contribution in [0.5, 0.6) is 0 Å². The van der Waals surface area contributed by atoms with Crippen LogP contribution in [-0.2, 0) is 14.6 Å². The molecule has 1 saturated heterocycles. The Hall–Kier alpha value is -1.11. The van der Waals surface area contributed by atoms with Gasteiger partial charge in [0.05, 0.1) is 22.9 Å². The van der Waals surface area contributed by atoms with Crippen LogP contribution in [0.2, 0.25) is 0 Å². The van der Waals surface area contributed by atoms with Gasteiger partial charge < -0.3 is 9.64 Å². The largest absolute Gasteiger partial charge is 0.383 e. The van der Waals surface area contributed by atoms with E-state index in [1.165, 1.54) is 0 Å². The molecule has 1 aromatic carbocycles. The zero-order chi connectivity index (χ0) is 17.0. The monoisotopic (exact) mass is 340 g/mol. The lowest BCUT2D eigenvalue weighted by Crippen LogP contribution is -2.57. The van der Waals surface area contributed by atoms with Gasteiger partial charge >= 0.3 is 0 Å². The van der Waals surface area contributed by atoms with Gasteiger partial charge in [0, 0.05) is 38.8 Å². The highest BCUT2D eigenvalue weighted by molar-refractivity contribution is 7.91. The molecule has 0 radical (unpaired) electrons. The third-order valence-electron chi connectivity index (χ3n) is 4.58. The third-order valence-corrected chi connectivity index (χ3v) is 6.35. The smallest absolute Gasteiger partial charge is 0.180 e. The summed E-state index contributed by atoms with van der Waals surface area (Å²) in [4.78, 5) is 5.09. The maximum atomic E-state index is 12.4. The Morgan fingerprint density at radius 1 is 1.17 bits per heavy atom. The van der Waals surface area contributed by atoms with Crippen molar-refractivity contribution in [1.82, 2.24) is 4.90 Å². The minimum Gasteiger partial charge on any atom is -0.383 e. The number of piperazine rings is 1. The van der Waals surface area contributed by atoms with Crippen molar-refractivity contribution in [2.45, 2.75) is 37.8 Å². The summed E-state index contributed by atoms with van der Waals surface area (Å²) in [5.41, 5.74) is 0.833. The van der Waals surface area contributed by atoms with Crippen LogP contribution in [0.15, 0.2) is 29.2 Å². The van der Waals surface area contributed by atoms with Crippen LogP contribution < -0.4 is 4.90 Å². The maximum Gasteiger partial charge on any atom is 0.180 e. The maximum absolute atomic E-state index is 12.4. The number of hydrogen-bond donors (Lipinski definition) is 0. The molecule has 1 aliphatic rings. The summed E-state index contributed by atoms with van der Waals surface area (Å²) in [5, 5.41) is 0. The Kier molecular flexibility index (Phi) is 6.06. The molecule has 130 valence electrons. The fraction of sp³-hybridized carbons (Fsp3) is 0.647. The molecule has 23 heavy (non-hydrogen) atoms. The van der Waals surface area contributed by atoms with Crippen molar-refractivity contribution in [3.8, 4) is 0 Å². The van der Waals surface area contributed by atoms with Gasteiger partial charge in [0.2, 0.25) is 0 Å². The van der Waals surface area contributed by atoms with Gasteiger partial charge in [-0.2, -0.15) is 0 Å². The van der Waals surface area contributed by atoms with Crippen molar-refractivity contribution < 1.29 is 13.2 Å². The first kappa shape index (κ1) is 18.2. The molecule has 1 aromatic rings. The van der Waals surface area contributed by atoms with E-state index in [9.17, 15) is 8.42 Å². The molecule has 0 saturated carbocycles. The SMILES string of the molecule is CCS(=O)(=O)c1ccccc1N1C[C@@H](C)N(CCOC)[C@@H](C)C1. The number of hydrogen-bond acceptors (Lipinski definition) is 5. The quantitative estimate of drug-likeness (QED) is 0.793. The molecule has 6 heteroatoms. The Bertz CT molecular complexity index is 606. The summed E-state index contributed by atoms with van der Waals surface area (Å²) in [5.74, 6) is 0.128. The zero-order valence-corrected chi connectivity index (χ0v) is 15.3. The van der Waals surface area contributed by atoms with Crippen molar-refractivity contribution in [1.29, 1.82) is 0 Å². The predicted octanol–water partition coefficient (Wildman–Crippen LogP) is 2.03. The number of para-hydroxylation sites is 1. The van der Waals surface area contributed by atoms with E-state index in [2.05, 4.69) is 23.6 Å². The lowest BCUT2D eigenvalue weighted by Gasteiger charge is -2.45. The molecule has 0 aromatic heterocycles. The highest BCUT2D eigenvalue weighted by atomic mass is 32.2. The highest BCUT2D eigenvalue weighted by Gasteiger charge is 2.31. The van der Waals surface area contributed by atoms with Gasteiger partial charge in [-0.3, -0.25) is 4.90 Å². The Balaban J connectivity index is 2.25. The molecule has 1 fully saturated rings. The molecular weight excluding hydrogens is 312 g/mol. The molecule has 0 aliphatic carbocycles. The van der Waals surface area contributed by atoms with E-state index in [0.29, 0.717) is 17.0 Å². The van der Waals surface area contributed by atoms with Crippen molar-refractivity contribution >= 4 is 15.5 Å². The molecule has 0 spiro atoms. The fourth-order valence-electron chi connectivity index (χ4n) is 3.33. The van der Waals surface area contributed by atoms with Crippen LogP contribution in [0.3, 0.4) is 0 Å². The topological polar surface area (TPSA) is 49.9 Å². The van der Waals surface area contributed by atoms with Gasteiger partial charge in [-0.25, -0.2) is 8.42 Å². The van der Waals surface area contributed by atoms with Crippen LogP contribution >= 0.6 is 0 Å². The van der Waals surface area contributed by atoms with Gasteiger partial charge in [0.15, 0.2) is 9.84 Å². The molecule has 0 amide bonds. The highest BCUT2D eigenvalue weighted by Crippen LogP contribution is 2.29. The normalized spacial score (nSPS) is 23.2. The summed E-state index contributed by atoms with van der Waals surface area (Å²) >= 11 is 0. The first-order valence-corrected chi connectivity index (χ1v) is 9.87. The first-order chi connectivity index (χ1) is 10.9. The molecule has 1 heterocycles. The van der Waals surface area contributed by atoms with Crippen LogP contribution in [0.25, 0.3) is 0 Å². The van der Waals surface area contributed by atoms with Crippen LogP contribution in [0, 0.1) is 0 Å². The molecule has 0 unspecified atom stereocenters. The summed E-state index contributed by atoms with van der Waals surface area (Å²) in [7, 11) is -1.50. The van der Waals surface area contributed by atoms with Crippen molar-refractivity contribution in [3.05, 3.63) is 24.3 Å². The van der Waals surface area contributed by atoms with E-state index in [1.807, 2.05) is 12.1 Å². The van der Waals surface area contributed by atoms with E-state index in [1.54, 1.807) is 26.2 Å². The Morgan fingerprint density at radius 2 is 1.78 bits per heavy atom. The predicted molar refractivity (Wildman–Crippen MR) is 93.9 cm³/mol. The average Bonchev–Trinajstić information content (AvgIpc) is 2.54. The summed E-state index contributed by atoms with van der Waals surface area (Å²) in [6.07, 6.45) is 0. The van der Waals surface area contributed by atoms with Crippen LogP contribution in [0.1, 0.15) is 20.8 Å². The summed E-state index contributed by atoms with van der Waals surface area (Å²) < 4.78 is 30.0. The molecule has 2 rings (SSSR count).